The highest BCUT2D eigenvalue weighted by Gasteiger charge is 2.11. The van der Waals surface area contributed by atoms with Gasteiger partial charge in [-0.15, -0.1) is 0 Å². The summed E-state index contributed by atoms with van der Waals surface area (Å²) in [5, 5.41) is 12.8. The lowest BCUT2D eigenvalue weighted by atomic mass is 9.98. The molecule has 0 aliphatic heterocycles. The predicted octanol–water partition coefficient (Wildman–Crippen LogP) is 3.09. The molecule has 17 heavy (non-hydrogen) atoms. The van der Waals surface area contributed by atoms with Crippen LogP contribution in [-0.4, -0.2) is 11.7 Å². The molecule has 0 bridgehead atoms. The van der Waals surface area contributed by atoms with Gasteiger partial charge in [-0.1, -0.05) is 49.4 Å². The Kier molecular flexibility index (Phi) is 3.78. The Balaban J connectivity index is 2.32. The maximum Gasteiger partial charge on any atom is 0.115 e. The summed E-state index contributed by atoms with van der Waals surface area (Å²) < 4.78 is 0. The maximum atomic E-state index is 9.32. The first kappa shape index (κ1) is 11.7. The molecule has 0 heterocycles. The summed E-state index contributed by atoms with van der Waals surface area (Å²) in [6, 6.07) is 17.9. The molecule has 0 amide bonds. The molecule has 0 aromatic heterocycles. The average molecular weight is 227 g/mol. The average Bonchev–Trinajstić information content (AvgIpc) is 2.38. The van der Waals surface area contributed by atoms with Crippen LogP contribution in [0.2, 0.25) is 0 Å². The first-order chi connectivity index (χ1) is 8.31. The maximum absolute atomic E-state index is 9.32. The zero-order valence-electron chi connectivity index (χ0n) is 9.93. The van der Waals surface area contributed by atoms with E-state index in [-0.39, 0.29) is 6.04 Å². The van der Waals surface area contributed by atoms with Crippen LogP contribution in [-0.2, 0) is 0 Å². The minimum atomic E-state index is 0.182. The minimum Gasteiger partial charge on any atom is -0.508 e. The zero-order chi connectivity index (χ0) is 12.1. The quantitative estimate of drug-likeness (QED) is 0.841. The molecule has 2 heteroatoms. The van der Waals surface area contributed by atoms with E-state index in [1.165, 1.54) is 5.56 Å². The van der Waals surface area contributed by atoms with E-state index in [1.807, 2.05) is 30.3 Å². The molecule has 0 saturated heterocycles. The van der Waals surface area contributed by atoms with E-state index in [0.29, 0.717) is 5.75 Å². The van der Waals surface area contributed by atoms with E-state index >= 15 is 0 Å². The second-order valence-corrected chi connectivity index (χ2v) is 3.99. The summed E-state index contributed by atoms with van der Waals surface area (Å²) in [4.78, 5) is 0. The van der Waals surface area contributed by atoms with E-state index in [4.69, 9.17) is 0 Å². The van der Waals surface area contributed by atoms with Crippen LogP contribution in [0.4, 0.5) is 0 Å². The predicted molar refractivity (Wildman–Crippen MR) is 70.1 cm³/mol. The van der Waals surface area contributed by atoms with Gasteiger partial charge >= 0.3 is 0 Å². The van der Waals surface area contributed by atoms with Crippen LogP contribution >= 0.6 is 0 Å². The lowest BCUT2D eigenvalue weighted by molar-refractivity contribution is 0.474. The molecule has 0 spiro atoms. The topological polar surface area (TPSA) is 32.3 Å². The Morgan fingerprint density at radius 1 is 0.941 bits per heavy atom. The summed E-state index contributed by atoms with van der Waals surface area (Å²) in [5.74, 6) is 0.303. The van der Waals surface area contributed by atoms with Crippen LogP contribution < -0.4 is 5.32 Å². The number of benzene rings is 2. The van der Waals surface area contributed by atoms with Crippen molar-refractivity contribution in [3.8, 4) is 5.75 Å². The summed E-state index contributed by atoms with van der Waals surface area (Å²) in [6.07, 6.45) is 0. The van der Waals surface area contributed by atoms with Gasteiger partial charge in [0.2, 0.25) is 0 Å². The fourth-order valence-electron chi connectivity index (χ4n) is 1.94. The van der Waals surface area contributed by atoms with Crippen molar-refractivity contribution in [3.63, 3.8) is 0 Å². The van der Waals surface area contributed by atoms with Crippen LogP contribution in [0.1, 0.15) is 24.1 Å². The van der Waals surface area contributed by atoms with E-state index < -0.39 is 0 Å². The molecular weight excluding hydrogens is 210 g/mol. The summed E-state index contributed by atoms with van der Waals surface area (Å²) in [6.45, 7) is 3.00. The molecule has 0 radical (unpaired) electrons. The molecule has 2 aromatic rings. The molecular formula is C15H17NO. The fourth-order valence-corrected chi connectivity index (χ4v) is 1.94. The number of aromatic hydroxyl groups is 1. The Morgan fingerprint density at radius 2 is 1.53 bits per heavy atom. The molecule has 0 aliphatic rings. The van der Waals surface area contributed by atoms with Crippen LogP contribution in [0.25, 0.3) is 0 Å². The number of phenolic OH excluding ortho intramolecular Hbond substituents is 1. The summed E-state index contributed by atoms with van der Waals surface area (Å²) >= 11 is 0. The van der Waals surface area contributed by atoms with Gasteiger partial charge in [0.1, 0.15) is 5.75 Å². The van der Waals surface area contributed by atoms with Crippen molar-refractivity contribution < 1.29 is 5.11 Å². The van der Waals surface area contributed by atoms with Gasteiger partial charge in [-0.05, 0) is 29.8 Å². The van der Waals surface area contributed by atoms with Gasteiger partial charge in [-0.3, -0.25) is 0 Å². The van der Waals surface area contributed by atoms with E-state index in [0.717, 1.165) is 12.1 Å². The lowest BCUT2D eigenvalue weighted by Gasteiger charge is -2.18. The first-order valence-corrected chi connectivity index (χ1v) is 5.88. The van der Waals surface area contributed by atoms with Gasteiger partial charge in [0.25, 0.3) is 0 Å². The van der Waals surface area contributed by atoms with Gasteiger partial charge in [0.15, 0.2) is 0 Å². The molecule has 0 fully saturated rings. The number of phenols is 1. The molecule has 2 nitrogen and oxygen atoms in total. The Morgan fingerprint density at radius 3 is 2.12 bits per heavy atom. The first-order valence-electron chi connectivity index (χ1n) is 5.88. The highest BCUT2D eigenvalue weighted by atomic mass is 16.3. The zero-order valence-corrected chi connectivity index (χ0v) is 9.93. The molecule has 0 aliphatic carbocycles. The summed E-state index contributed by atoms with van der Waals surface area (Å²) in [5.41, 5.74) is 2.40. The molecule has 88 valence electrons. The van der Waals surface area contributed by atoms with Crippen LogP contribution in [0.3, 0.4) is 0 Å². The third kappa shape index (κ3) is 2.86. The van der Waals surface area contributed by atoms with E-state index in [9.17, 15) is 5.11 Å². The van der Waals surface area contributed by atoms with E-state index in [1.54, 1.807) is 12.1 Å². The number of rotatable bonds is 4. The number of nitrogens with one attached hydrogen (secondary N) is 1. The monoisotopic (exact) mass is 227 g/mol. The molecule has 0 saturated carbocycles. The Hall–Kier alpha value is -1.80. The summed E-state index contributed by atoms with van der Waals surface area (Å²) in [7, 11) is 0. The van der Waals surface area contributed by atoms with Crippen molar-refractivity contribution in [2.45, 2.75) is 13.0 Å². The Bertz CT molecular complexity index is 450. The highest BCUT2D eigenvalue weighted by Crippen LogP contribution is 2.23. The number of hydrogen-bond acceptors (Lipinski definition) is 2. The lowest BCUT2D eigenvalue weighted by Crippen LogP contribution is -2.21. The van der Waals surface area contributed by atoms with Crippen molar-refractivity contribution in [2.75, 3.05) is 6.54 Å². The van der Waals surface area contributed by atoms with Crippen molar-refractivity contribution in [3.05, 3.63) is 65.7 Å². The molecule has 2 rings (SSSR count). The van der Waals surface area contributed by atoms with Crippen LogP contribution in [0.5, 0.6) is 5.75 Å². The van der Waals surface area contributed by atoms with Crippen molar-refractivity contribution >= 4 is 0 Å². The van der Waals surface area contributed by atoms with Crippen molar-refractivity contribution in [1.82, 2.24) is 5.32 Å². The van der Waals surface area contributed by atoms with Gasteiger partial charge in [-0.2, -0.15) is 0 Å². The third-order valence-corrected chi connectivity index (χ3v) is 2.77. The largest absolute Gasteiger partial charge is 0.508 e. The van der Waals surface area contributed by atoms with Gasteiger partial charge in [0, 0.05) is 0 Å². The smallest absolute Gasteiger partial charge is 0.115 e. The van der Waals surface area contributed by atoms with Crippen molar-refractivity contribution in [1.29, 1.82) is 0 Å². The van der Waals surface area contributed by atoms with Crippen LogP contribution in [0.15, 0.2) is 54.6 Å². The van der Waals surface area contributed by atoms with Gasteiger partial charge in [0.05, 0.1) is 6.04 Å². The second-order valence-electron chi connectivity index (χ2n) is 3.99. The SMILES string of the molecule is CCNC(c1ccccc1)c1ccc(O)cc1. The fraction of sp³-hybridized carbons (Fsp3) is 0.200. The molecule has 2 N–H and O–H groups in total. The van der Waals surface area contributed by atoms with Gasteiger partial charge < -0.3 is 10.4 Å². The molecule has 2 aromatic carbocycles. The minimum absolute atomic E-state index is 0.182. The van der Waals surface area contributed by atoms with Crippen LogP contribution in [0, 0.1) is 0 Å². The van der Waals surface area contributed by atoms with Crippen molar-refractivity contribution in [2.24, 2.45) is 0 Å². The second kappa shape index (κ2) is 5.51. The highest BCUT2D eigenvalue weighted by molar-refractivity contribution is 5.34. The van der Waals surface area contributed by atoms with Gasteiger partial charge in [-0.25, -0.2) is 0 Å². The molecule has 1 atom stereocenters. The number of hydrogen-bond donors (Lipinski definition) is 2. The molecule has 1 unspecified atom stereocenters. The Labute approximate surface area is 102 Å². The normalized spacial score (nSPS) is 12.3. The third-order valence-electron chi connectivity index (χ3n) is 2.77. The standard InChI is InChI=1S/C15H17NO/c1-2-16-15(12-6-4-3-5-7-12)13-8-10-14(17)11-9-13/h3-11,15-17H,2H2,1H3. The van der Waals surface area contributed by atoms with E-state index in [2.05, 4.69) is 24.4 Å².